The zero-order valence-corrected chi connectivity index (χ0v) is 13.1. The first-order chi connectivity index (χ1) is 11.4. The minimum atomic E-state index is -0.760. The lowest BCUT2D eigenvalue weighted by atomic mass is 10.2. The number of esters is 1. The fraction of sp³-hybridized carbons (Fsp3) is 0.333. The van der Waals surface area contributed by atoms with Gasteiger partial charge in [-0.3, -0.25) is 14.9 Å². The van der Waals surface area contributed by atoms with E-state index in [9.17, 15) is 19.7 Å². The molecule has 0 fully saturated rings. The van der Waals surface area contributed by atoms with Crippen molar-refractivity contribution >= 4 is 17.4 Å². The van der Waals surface area contributed by atoms with Crippen LogP contribution in [0.4, 0.5) is 5.69 Å². The van der Waals surface area contributed by atoms with Crippen LogP contribution < -0.4 is 0 Å². The summed E-state index contributed by atoms with van der Waals surface area (Å²) < 4.78 is 10.5. The Balaban J connectivity index is 2.02. The molecule has 0 aliphatic heterocycles. The molecule has 0 aliphatic rings. The zero-order chi connectivity index (χ0) is 17.7. The van der Waals surface area contributed by atoms with E-state index in [0.29, 0.717) is 5.56 Å². The summed E-state index contributed by atoms with van der Waals surface area (Å²) >= 11 is 0. The van der Waals surface area contributed by atoms with Crippen molar-refractivity contribution in [3.05, 3.63) is 40.3 Å². The summed E-state index contributed by atoms with van der Waals surface area (Å²) in [5.41, 5.74) is 0.459. The van der Waals surface area contributed by atoms with Gasteiger partial charge in [0.1, 0.15) is 5.78 Å². The quantitative estimate of drug-likeness (QED) is 0.430. The molecule has 0 bridgehead atoms. The number of carbonyl (C=O) groups is 2. The maximum Gasteiger partial charge on any atom is 0.307 e. The number of ether oxygens (including phenoxy) is 1. The van der Waals surface area contributed by atoms with Crippen LogP contribution in [0.2, 0.25) is 0 Å². The number of aromatic nitrogens is 2. The molecule has 2 aromatic rings. The Morgan fingerprint density at radius 2 is 1.92 bits per heavy atom. The molecule has 0 amide bonds. The van der Waals surface area contributed by atoms with Crippen LogP contribution in [-0.4, -0.2) is 26.9 Å². The lowest BCUT2D eigenvalue weighted by molar-refractivity contribution is -0.384. The third-order valence-corrected chi connectivity index (χ3v) is 3.10. The van der Waals surface area contributed by atoms with Crippen molar-refractivity contribution in [1.29, 1.82) is 0 Å². The maximum absolute atomic E-state index is 11.6. The van der Waals surface area contributed by atoms with E-state index < -0.39 is 17.0 Å². The highest BCUT2D eigenvalue weighted by Gasteiger charge is 2.19. The van der Waals surface area contributed by atoms with Gasteiger partial charge in [-0.25, -0.2) is 0 Å². The number of nitrogens with zero attached hydrogens (tertiary/aromatic N) is 3. The summed E-state index contributed by atoms with van der Waals surface area (Å²) in [5.74, 6) is -0.378. The first kappa shape index (κ1) is 17.3. The molecule has 126 valence electrons. The smallest absolute Gasteiger partial charge is 0.307 e. The third kappa shape index (κ3) is 4.45. The van der Waals surface area contributed by atoms with Crippen LogP contribution in [0.15, 0.2) is 28.7 Å². The summed E-state index contributed by atoms with van der Waals surface area (Å²) in [6.07, 6.45) is -0.657. The van der Waals surface area contributed by atoms with E-state index in [1.807, 2.05) is 0 Å². The average molecular weight is 333 g/mol. The van der Waals surface area contributed by atoms with Gasteiger partial charge in [-0.15, -0.1) is 10.2 Å². The van der Waals surface area contributed by atoms with Crippen LogP contribution >= 0.6 is 0 Å². The van der Waals surface area contributed by atoms with Gasteiger partial charge in [0.05, 0.1) is 11.3 Å². The molecule has 1 heterocycles. The Labute approximate surface area is 136 Å². The first-order valence-electron chi connectivity index (χ1n) is 7.14. The molecule has 24 heavy (non-hydrogen) atoms. The van der Waals surface area contributed by atoms with Crippen molar-refractivity contribution in [1.82, 2.24) is 10.2 Å². The maximum atomic E-state index is 11.6. The van der Waals surface area contributed by atoms with Crippen molar-refractivity contribution < 1.29 is 23.7 Å². The molecule has 0 radical (unpaired) electrons. The highest BCUT2D eigenvalue weighted by atomic mass is 16.6. The summed E-state index contributed by atoms with van der Waals surface area (Å²) in [6.45, 7) is 2.96. The van der Waals surface area contributed by atoms with E-state index in [1.165, 1.54) is 31.2 Å². The number of rotatable bonds is 7. The summed E-state index contributed by atoms with van der Waals surface area (Å²) in [7, 11) is 0. The normalized spacial score (nSPS) is 11.8. The van der Waals surface area contributed by atoms with Crippen LogP contribution in [0, 0.1) is 10.1 Å². The van der Waals surface area contributed by atoms with Crippen molar-refractivity contribution in [2.75, 3.05) is 0 Å². The van der Waals surface area contributed by atoms with E-state index in [4.69, 9.17) is 9.15 Å². The molecule has 0 aliphatic carbocycles. The second-order valence-corrected chi connectivity index (χ2v) is 5.08. The molecular weight excluding hydrogens is 318 g/mol. The minimum Gasteiger partial charge on any atom is -0.453 e. The predicted octanol–water partition coefficient (Wildman–Crippen LogP) is 2.62. The molecule has 9 nitrogen and oxygen atoms in total. The van der Waals surface area contributed by atoms with Crippen LogP contribution in [0.1, 0.15) is 38.7 Å². The number of benzene rings is 1. The van der Waals surface area contributed by atoms with Crippen LogP contribution in [0.3, 0.4) is 0 Å². The second-order valence-electron chi connectivity index (χ2n) is 5.08. The molecule has 2 rings (SSSR count). The average Bonchev–Trinajstić information content (AvgIpc) is 3.03. The topological polar surface area (TPSA) is 125 Å². The van der Waals surface area contributed by atoms with Crippen molar-refractivity contribution in [2.24, 2.45) is 0 Å². The summed E-state index contributed by atoms with van der Waals surface area (Å²) in [4.78, 5) is 32.5. The van der Waals surface area contributed by atoms with Crippen molar-refractivity contribution in [3.8, 4) is 11.5 Å². The number of hydrogen-bond acceptors (Lipinski definition) is 8. The lowest BCUT2D eigenvalue weighted by Crippen LogP contribution is -2.10. The molecule has 0 saturated carbocycles. The van der Waals surface area contributed by atoms with Gasteiger partial charge in [0.25, 0.3) is 11.6 Å². The van der Waals surface area contributed by atoms with Crippen molar-refractivity contribution in [2.45, 2.75) is 32.8 Å². The van der Waals surface area contributed by atoms with E-state index in [2.05, 4.69) is 10.2 Å². The largest absolute Gasteiger partial charge is 0.453 e. The standard InChI is InChI=1S/C15H15N3O6/c1-9(19)3-8-13(20)23-10(2)14-16-17-15(24-14)11-4-6-12(7-5-11)18(21)22/h4-7,10H,3,8H2,1-2H3. The Morgan fingerprint density at radius 1 is 1.25 bits per heavy atom. The Morgan fingerprint density at radius 3 is 2.50 bits per heavy atom. The van der Waals surface area contributed by atoms with Gasteiger partial charge in [-0.1, -0.05) is 0 Å². The van der Waals surface area contributed by atoms with Crippen molar-refractivity contribution in [3.63, 3.8) is 0 Å². The van der Waals surface area contributed by atoms with E-state index in [-0.39, 0.29) is 36.1 Å². The number of hydrogen-bond donors (Lipinski definition) is 0. The van der Waals surface area contributed by atoms with Crippen LogP contribution in [0.25, 0.3) is 11.5 Å². The first-order valence-corrected chi connectivity index (χ1v) is 7.14. The van der Waals surface area contributed by atoms with Gasteiger partial charge in [-0.2, -0.15) is 0 Å². The van der Waals surface area contributed by atoms with Crippen LogP contribution in [0.5, 0.6) is 0 Å². The molecule has 0 saturated heterocycles. The van der Waals surface area contributed by atoms with E-state index >= 15 is 0 Å². The van der Waals surface area contributed by atoms with Gasteiger partial charge in [0.2, 0.25) is 5.89 Å². The molecule has 0 N–H and O–H groups in total. The van der Waals surface area contributed by atoms with E-state index in [1.54, 1.807) is 6.92 Å². The van der Waals surface area contributed by atoms with Crippen LogP contribution in [-0.2, 0) is 14.3 Å². The van der Waals surface area contributed by atoms with Gasteiger partial charge in [0.15, 0.2) is 6.10 Å². The highest BCUT2D eigenvalue weighted by molar-refractivity contribution is 5.81. The number of nitro benzene ring substituents is 1. The van der Waals surface area contributed by atoms with Gasteiger partial charge in [0, 0.05) is 24.1 Å². The number of carbonyl (C=O) groups excluding carboxylic acids is 2. The minimum absolute atomic E-state index is 0.0109. The Hall–Kier alpha value is -3.10. The van der Waals surface area contributed by atoms with Gasteiger partial charge >= 0.3 is 5.97 Å². The number of ketones is 1. The molecule has 0 spiro atoms. The fourth-order valence-corrected chi connectivity index (χ4v) is 1.83. The monoisotopic (exact) mass is 333 g/mol. The predicted molar refractivity (Wildman–Crippen MR) is 80.8 cm³/mol. The summed E-state index contributed by atoms with van der Waals surface area (Å²) in [5, 5.41) is 18.3. The summed E-state index contributed by atoms with van der Waals surface area (Å²) in [6, 6.07) is 5.62. The van der Waals surface area contributed by atoms with E-state index in [0.717, 1.165) is 0 Å². The number of Topliss-reactive ketones (excluding diaryl/α,β-unsaturated/α-hetero) is 1. The highest BCUT2D eigenvalue weighted by Crippen LogP contribution is 2.24. The third-order valence-electron chi connectivity index (χ3n) is 3.10. The zero-order valence-electron chi connectivity index (χ0n) is 13.1. The molecule has 1 atom stereocenters. The lowest BCUT2D eigenvalue weighted by Gasteiger charge is -2.08. The SMILES string of the molecule is CC(=O)CCC(=O)OC(C)c1nnc(-c2ccc([N+](=O)[O-])cc2)o1. The molecule has 1 aromatic carbocycles. The van der Waals surface area contributed by atoms with Gasteiger partial charge in [-0.05, 0) is 26.0 Å². The number of non-ortho nitro benzene ring substituents is 1. The fourth-order valence-electron chi connectivity index (χ4n) is 1.83. The molecular formula is C15H15N3O6. The second kappa shape index (κ2) is 7.44. The number of nitro groups is 1. The molecule has 1 unspecified atom stereocenters. The molecule has 1 aromatic heterocycles. The molecule has 9 heteroatoms. The Bertz CT molecular complexity index is 753. The Kier molecular flexibility index (Phi) is 5.35. The van der Waals surface area contributed by atoms with Gasteiger partial charge < -0.3 is 13.9 Å².